The summed E-state index contributed by atoms with van der Waals surface area (Å²) in [6.45, 7) is 15.6. The van der Waals surface area contributed by atoms with E-state index in [-0.39, 0.29) is 18.2 Å². The molecule has 0 aromatic carbocycles. The quantitative estimate of drug-likeness (QED) is 0.0619. The van der Waals surface area contributed by atoms with Gasteiger partial charge in [0.25, 0.3) is 0 Å². The number of hydrogen-bond donors (Lipinski definition) is 1. The predicted octanol–water partition coefficient (Wildman–Crippen LogP) is 12.8. The fourth-order valence-electron chi connectivity index (χ4n) is 11.7. The molecule has 50 heavy (non-hydrogen) atoms. The number of esters is 1. The molecule has 0 aromatic heterocycles. The van der Waals surface area contributed by atoms with Crippen molar-refractivity contribution >= 4 is 5.97 Å². The van der Waals surface area contributed by atoms with Gasteiger partial charge in [0.2, 0.25) is 0 Å². The third-order valence-corrected chi connectivity index (χ3v) is 14.8. The first-order valence-corrected chi connectivity index (χ1v) is 22.3. The zero-order chi connectivity index (χ0) is 36.0. The largest absolute Gasteiger partial charge is 0.463 e. The van der Waals surface area contributed by atoms with E-state index in [4.69, 9.17) is 15.2 Å². The molecule has 0 aliphatic heterocycles. The highest BCUT2D eigenvalue weighted by atomic mass is 16.6. The van der Waals surface area contributed by atoms with Gasteiger partial charge in [-0.25, -0.2) is 0 Å². The molecule has 2 N–H and O–H groups in total. The summed E-state index contributed by atoms with van der Waals surface area (Å²) in [6.07, 6.45) is 34.8. The van der Waals surface area contributed by atoms with Crippen LogP contribution in [0.5, 0.6) is 0 Å². The fourth-order valence-corrected chi connectivity index (χ4v) is 11.7. The molecule has 0 saturated heterocycles. The Morgan fingerprint density at radius 1 is 0.820 bits per heavy atom. The lowest BCUT2D eigenvalue weighted by molar-refractivity contribution is -0.150. The maximum Gasteiger partial charge on any atom is 0.305 e. The first kappa shape index (κ1) is 41.9. The molecule has 0 spiro atoms. The molecule has 4 aliphatic rings. The molecule has 4 rings (SSSR count). The van der Waals surface area contributed by atoms with Crippen molar-refractivity contribution in [2.24, 2.45) is 52.1 Å². The zero-order valence-corrected chi connectivity index (χ0v) is 34.1. The number of nitrogens with two attached hydrogens (primary N) is 1. The predicted molar refractivity (Wildman–Crippen MR) is 212 cm³/mol. The summed E-state index contributed by atoms with van der Waals surface area (Å²) in [7, 11) is 0. The molecule has 9 atom stereocenters. The maximum atomic E-state index is 12.5. The van der Waals surface area contributed by atoms with Crippen molar-refractivity contribution in [3.05, 3.63) is 11.6 Å². The van der Waals surface area contributed by atoms with Crippen molar-refractivity contribution in [1.29, 1.82) is 0 Å². The molecule has 3 saturated carbocycles. The van der Waals surface area contributed by atoms with Crippen LogP contribution < -0.4 is 5.73 Å². The fraction of sp³-hybridized carbons (Fsp3) is 0.935. The molecule has 0 aromatic rings. The molecular formula is C46H83NO3. The summed E-state index contributed by atoms with van der Waals surface area (Å²) in [5.41, 5.74) is 8.67. The van der Waals surface area contributed by atoms with Crippen LogP contribution in [-0.4, -0.2) is 31.3 Å². The van der Waals surface area contributed by atoms with E-state index in [2.05, 4.69) is 47.6 Å². The van der Waals surface area contributed by atoms with Gasteiger partial charge in [0, 0.05) is 13.0 Å². The minimum Gasteiger partial charge on any atom is -0.463 e. The summed E-state index contributed by atoms with van der Waals surface area (Å²) in [4.78, 5) is 12.5. The average molecular weight is 698 g/mol. The maximum absolute atomic E-state index is 12.5. The summed E-state index contributed by atoms with van der Waals surface area (Å²) < 4.78 is 12.3. The highest BCUT2D eigenvalue weighted by molar-refractivity contribution is 5.69. The monoisotopic (exact) mass is 698 g/mol. The Morgan fingerprint density at radius 2 is 1.48 bits per heavy atom. The van der Waals surface area contributed by atoms with Crippen LogP contribution in [0, 0.1) is 46.3 Å². The van der Waals surface area contributed by atoms with Crippen LogP contribution in [0.3, 0.4) is 0 Å². The van der Waals surface area contributed by atoms with Crippen molar-refractivity contribution in [3.63, 3.8) is 0 Å². The first-order valence-electron chi connectivity index (χ1n) is 22.3. The Labute approximate surface area is 310 Å². The number of rotatable bonds is 24. The lowest BCUT2D eigenvalue weighted by Crippen LogP contribution is -2.51. The molecule has 0 bridgehead atoms. The normalized spacial score (nSPS) is 31.8. The standard InChI is InChI=1S/C46H83NO3/c1-7-8-9-10-11-12-13-14-15-16-17-18-19-23-44(48)49-34-39(33-47)50-38-28-30-45(5)37(32-38)24-25-40-42-27-26-41(36(4)22-20-21-35(2)3)46(42,6)31-29-43(40)45/h24,35-36,38-43H,7-23,25-34,47H2,1-6H3/t36-,38?,39?,40?,41-,42?,43?,45+,46-/m1/s1. The molecule has 3 fully saturated rings. The molecule has 0 heterocycles. The van der Waals surface area contributed by atoms with Crippen LogP contribution in [0.15, 0.2) is 11.6 Å². The number of carbonyl (C=O) groups is 1. The van der Waals surface area contributed by atoms with Gasteiger partial charge in [0.05, 0.1) is 6.10 Å². The summed E-state index contributed by atoms with van der Waals surface area (Å²) >= 11 is 0. The lowest BCUT2D eigenvalue weighted by atomic mass is 9.47. The van der Waals surface area contributed by atoms with Crippen LogP contribution >= 0.6 is 0 Å². The van der Waals surface area contributed by atoms with Gasteiger partial charge < -0.3 is 15.2 Å². The molecule has 4 heteroatoms. The second-order valence-electron chi connectivity index (χ2n) is 18.8. The second-order valence-corrected chi connectivity index (χ2v) is 18.8. The Balaban J connectivity index is 1.13. The summed E-state index contributed by atoms with van der Waals surface area (Å²) in [5, 5.41) is 0. The highest BCUT2D eigenvalue weighted by Gasteiger charge is 2.59. The number of unbranched alkanes of at least 4 members (excludes halogenated alkanes) is 12. The van der Waals surface area contributed by atoms with Gasteiger partial charge in [-0.15, -0.1) is 0 Å². The summed E-state index contributed by atoms with van der Waals surface area (Å²) in [5.74, 6) is 5.11. The van der Waals surface area contributed by atoms with Crippen molar-refractivity contribution in [1.82, 2.24) is 0 Å². The Morgan fingerprint density at radius 3 is 2.12 bits per heavy atom. The van der Waals surface area contributed by atoms with Crippen molar-refractivity contribution in [3.8, 4) is 0 Å². The van der Waals surface area contributed by atoms with Gasteiger partial charge >= 0.3 is 5.97 Å². The van der Waals surface area contributed by atoms with E-state index in [1.165, 1.54) is 128 Å². The van der Waals surface area contributed by atoms with E-state index in [1.54, 1.807) is 5.57 Å². The molecule has 290 valence electrons. The topological polar surface area (TPSA) is 61.5 Å². The molecule has 5 unspecified atom stereocenters. The highest BCUT2D eigenvalue weighted by Crippen LogP contribution is 2.67. The van der Waals surface area contributed by atoms with Gasteiger partial charge in [0.1, 0.15) is 12.7 Å². The van der Waals surface area contributed by atoms with E-state index >= 15 is 0 Å². The van der Waals surface area contributed by atoms with Crippen LogP contribution in [0.1, 0.15) is 202 Å². The molecule has 4 nitrogen and oxygen atoms in total. The third kappa shape index (κ3) is 11.6. The minimum atomic E-state index is -0.203. The van der Waals surface area contributed by atoms with Gasteiger partial charge in [-0.2, -0.15) is 0 Å². The van der Waals surface area contributed by atoms with E-state index < -0.39 is 0 Å². The van der Waals surface area contributed by atoms with Crippen LogP contribution in [0.2, 0.25) is 0 Å². The van der Waals surface area contributed by atoms with E-state index in [9.17, 15) is 4.79 Å². The Bertz CT molecular complexity index is 1010. The van der Waals surface area contributed by atoms with Crippen molar-refractivity contribution in [2.45, 2.75) is 214 Å². The molecular weight excluding hydrogens is 615 g/mol. The van der Waals surface area contributed by atoms with Gasteiger partial charge in [-0.1, -0.05) is 150 Å². The smallest absolute Gasteiger partial charge is 0.305 e. The van der Waals surface area contributed by atoms with E-state index in [0.717, 1.165) is 61.2 Å². The molecule has 4 aliphatic carbocycles. The Kier molecular flexibility index (Phi) is 17.7. The average Bonchev–Trinajstić information content (AvgIpc) is 3.45. The summed E-state index contributed by atoms with van der Waals surface area (Å²) in [6, 6.07) is 0. The second kappa shape index (κ2) is 21.1. The SMILES string of the molecule is CCCCCCCCCCCCCCCC(=O)OCC(CN)OC1CC[C@@]2(C)C(=CCC3C2CC[C@@]2(C)C3CC[C@@H]2[C@H](C)CCCC(C)C)C1. The van der Waals surface area contributed by atoms with Gasteiger partial charge in [0.15, 0.2) is 0 Å². The third-order valence-electron chi connectivity index (χ3n) is 14.8. The number of ether oxygens (including phenoxy) is 2. The number of allylic oxidation sites excluding steroid dienone is 1. The molecule has 0 radical (unpaired) electrons. The van der Waals surface area contributed by atoms with Crippen LogP contribution in [0.25, 0.3) is 0 Å². The lowest BCUT2D eigenvalue weighted by Gasteiger charge is -2.58. The number of fused-ring (bicyclic) bond motifs is 5. The van der Waals surface area contributed by atoms with Gasteiger partial charge in [-0.3, -0.25) is 4.79 Å². The Hall–Kier alpha value is -0.870. The first-order chi connectivity index (χ1) is 24.1. The zero-order valence-electron chi connectivity index (χ0n) is 34.1. The minimum absolute atomic E-state index is 0.0872. The van der Waals surface area contributed by atoms with Crippen LogP contribution in [-0.2, 0) is 14.3 Å². The van der Waals surface area contributed by atoms with E-state index in [0.29, 0.717) is 30.4 Å². The van der Waals surface area contributed by atoms with E-state index in [1.807, 2.05) is 0 Å². The van der Waals surface area contributed by atoms with Gasteiger partial charge in [-0.05, 0) is 104 Å². The van der Waals surface area contributed by atoms with Crippen LogP contribution in [0.4, 0.5) is 0 Å². The molecule has 0 amide bonds. The number of hydrogen-bond acceptors (Lipinski definition) is 4. The van der Waals surface area contributed by atoms with Crippen molar-refractivity contribution < 1.29 is 14.3 Å². The number of carbonyl (C=O) groups excluding carboxylic acids is 1. The van der Waals surface area contributed by atoms with Crippen molar-refractivity contribution in [2.75, 3.05) is 13.2 Å².